The van der Waals surface area contributed by atoms with Gasteiger partial charge in [0, 0.05) is 11.4 Å². The summed E-state index contributed by atoms with van der Waals surface area (Å²) in [4.78, 5) is 0.432. The van der Waals surface area contributed by atoms with Crippen molar-refractivity contribution >= 4 is 42.5 Å². The van der Waals surface area contributed by atoms with E-state index in [0.717, 1.165) is 23.5 Å². The molecule has 10 heteroatoms. The summed E-state index contributed by atoms with van der Waals surface area (Å²) in [6, 6.07) is 9.95. The summed E-state index contributed by atoms with van der Waals surface area (Å²) in [5.74, 6) is -0.509. The summed E-state index contributed by atoms with van der Waals surface area (Å²) < 4.78 is 67.0. The van der Waals surface area contributed by atoms with Gasteiger partial charge in [0.1, 0.15) is 15.3 Å². The molecule has 0 aliphatic rings. The van der Waals surface area contributed by atoms with Crippen LogP contribution in [0.5, 0.6) is 0 Å². The number of halogens is 1. The normalized spacial score (nSPS) is 13.6. The molecule has 0 fully saturated rings. The summed E-state index contributed by atoms with van der Waals surface area (Å²) in [5, 5.41) is 2.35. The predicted octanol–water partition coefficient (Wildman–Crippen LogP) is 3.75. The van der Waals surface area contributed by atoms with Crippen LogP contribution in [0.15, 0.2) is 62.3 Å². The molecule has 3 aromatic rings. The van der Waals surface area contributed by atoms with Gasteiger partial charge in [-0.3, -0.25) is 0 Å². The van der Waals surface area contributed by atoms with Gasteiger partial charge in [0.15, 0.2) is 9.84 Å². The Labute approximate surface area is 165 Å². The summed E-state index contributed by atoms with van der Waals surface area (Å²) in [5.41, 5.74) is 0.193. The third kappa shape index (κ3) is 4.30. The van der Waals surface area contributed by atoms with Gasteiger partial charge in [0.05, 0.1) is 4.90 Å². The molecule has 1 unspecified atom stereocenters. The van der Waals surface area contributed by atoms with Crippen LogP contribution < -0.4 is 4.72 Å². The summed E-state index contributed by atoms with van der Waals surface area (Å²) in [6.45, 7) is 1.14. The molecular formula is C17H16FNO4S4. The zero-order valence-corrected chi connectivity index (χ0v) is 17.4. The first-order chi connectivity index (χ1) is 12.7. The van der Waals surface area contributed by atoms with Crippen molar-refractivity contribution in [3.05, 3.63) is 69.5 Å². The number of nitrogens with one attached hydrogen (secondary N) is 1. The Balaban J connectivity index is 1.90. The van der Waals surface area contributed by atoms with Gasteiger partial charge < -0.3 is 0 Å². The maximum Gasteiger partial charge on any atom is 0.240 e. The molecule has 5 nitrogen and oxygen atoms in total. The Morgan fingerprint density at radius 3 is 2.33 bits per heavy atom. The molecule has 3 rings (SSSR count). The van der Waals surface area contributed by atoms with Crippen molar-refractivity contribution in [1.29, 1.82) is 0 Å². The van der Waals surface area contributed by atoms with E-state index in [0.29, 0.717) is 4.88 Å². The van der Waals surface area contributed by atoms with E-state index in [9.17, 15) is 21.2 Å². The van der Waals surface area contributed by atoms with Crippen molar-refractivity contribution in [1.82, 2.24) is 4.72 Å². The van der Waals surface area contributed by atoms with Crippen molar-refractivity contribution in [2.75, 3.05) is 6.54 Å². The highest BCUT2D eigenvalue weighted by molar-refractivity contribution is 7.94. The van der Waals surface area contributed by atoms with E-state index < -0.39 is 30.9 Å². The maximum absolute atomic E-state index is 13.4. The second-order valence-corrected chi connectivity index (χ2v) is 11.8. The molecule has 0 aliphatic heterocycles. The molecule has 2 heterocycles. The Morgan fingerprint density at radius 1 is 1.04 bits per heavy atom. The Kier molecular flexibility index (Phi) is 5.82. The van der Waals surface area contributed by atoms with Crippen LogP contribution in [-0.4, -0.2) is 23.4 Å². The molecule has 0 amide bonds. The molecule has 0 spiro atoms. The van der Waals surface area contributed by atoms with Crippen LogP contribution in [-0.2, 0) is 19.9 Å². The fraction of sp³-hybridized carbons (Fsp3) is 0.176. The Morgan fingerprint density at radius 2 is 1.74 bits per heavy atom. The SMILES string of the molecule is Cc1cc(S(=O)(=O)NCC(c2cccs2)S(=O)(=O)c2cccs2)ccc1F. The van der Waals surface area contributed by atoms with Gasteiger partial charge in [-0.25, -0.2) is 25.9 Å². The van der Waals surface area contributed by atoms with E-state index >= 15 is 0 Å². The van der Waals surface area contributed by atoms with Crippen molar-refractivity contribution in [2.24, 2.45) is 0 Å². The number of aryl methyl sites for hydroxylation is 1. The fourth-order valence-corrected chi connectivity index (χ4v) is 7.68. The molecule has 0 radical (unpaired) electrons. The lowest BCUT2D eigenvalue weighted by atomic mass is 10.2. The van der Waals surface area contributed by atoms with Gasteiger partial charge in [-0.1, -0.05) is 12.1 Å². The van der Waals surface area contributed by atoms with E-state index in [1.165, 1.54) is 30.4 Å². The lowest BCUT2D eigenvalue weighted by Gasteiger charge is -2.16. The molecule has 1 atom stereocenters. The van der Waals surface area contributed by atoms with Crippen LogP contribution in [0.25, 0.3) is 0 Å². The number of benzene rings is 1. The minimum Gasteiger partial charge on any atom is -0.222 e. The van der Waals surface area contributed by atoms with Gasteiger partial charge in [-0.15, -0.1) is 22.7 Å². The zero-order chi connectivity index (χ0) is 19.7. The first-order valence-electron chi connectivity index (χ1n) is 7.78. The predicted molar refractivity (Wildman–Crippen MR) is 105 cm³/mol. The topological polar surface area (TPSA) is 80.3 Å². The zero-order valence-electron chi connectivity index (χ0n) is 14.1. The van der Waals surface area contributed by atoms with E-state index in [1.54, 1.807) is 29.0 Å². The molecule has 0 aliphatic carbocycles. The molecule has 144 valence electrons. The lowest BCUT2D eigenvalue weighted by molar-refractivity contribution is 0.570. The van der Waals surface area contributed by atoms with Gasteiger partial charge in [-0.2, -0.15) is 0 Å². The number of hydrogen-bond acceptors (Lipinski definition) is 6. The molecule has 0 bridgehead atoms. The lowest BCUT2D eigenvalue weighted by Crippen LogP contribution is -2.31. The molecule has 0 saturated heterocycles. The monoisotopic (exact) mass is 445 g/mol. The van der Waals surface area contributed by atoms with Crippen LogP contribution in [0.3, 0.4) is 0 Å². The molecule has 0 saturated carbocycles. The Hall–Kier alpha value is -1.59. The molecular weight excluding hydrogens is 429 g/mol. The van der Waals surface area contributed by atoms with Crippen molar-refractivity contribution in [3.63, 3.8) is 0 Å². The van der Waals surface area contributed by atoms with E-state index in [1.807, 2.05) is 0 Å². The highest BCUT2D eigenvalue weighted by Crippen LogP contribution is 2.33. The smallest absolute Gasteiger partial charge is 0.222 e. The number of thiophene rings is 2. The number of sulfonamides is 1. The van der Waals surface area contributed by atoms with Crippen LogP contribution in [0.4, 0.5) is 4.39 Å². The Bertz CT molecular complexity index is 1120. The molecule has 2 aromatic heterocycles. The van der Waals surface area contributed by atoms with Gasteiger partial charge in [-0.05, 0) is 53.6 Å². The maximum atomic E-state index is 13.4. The molecule has 1 N–H and O–H groups in total. The highest BCUT2D eigenvalue weighted by atomic mass is 32.2. The van der Waals surface area contributed by atoms with E-state index in [-0.39, 0.29) is 21.2 Å². The van der Waals surface area contributed by atoms with Crippen molar-refractivity contribution in [2.45, 2.75) is 21.3 Å². The van der Waals surface area contributed by atoms with Gasteiger partial charge in [0.25, 0.3) is 0 Å². The summed E-state index contributed by atoms with van der Waals surface area (Å²) in [6.07, 6.45) is 0. The minimum atomic E-state index is -3.99. The average molecular weight is 446 g/mol. The van der Waals surface area contributed by atoms with Crippen LogP contribution in [0.1, 0.15) is 15.7 Å². The third-order valence-electron chi connectivity index (χ3n) is 3.91. The van der Waals surface area contributed by atoms with Crippen molar-refractivity contribution < 1.29 is 21.2 Å². The first-order valence-corrected chi connectivity index (χ1v) is 12.6. The van der Waals surface area contributed by atoms with Crippen LogP contribution in [0.2, 0.25) is 0 Å². The average Bonchev–Trinajstić information content (AvgIpc) is 3.30. The molecule has 27 heavy (non-hydrogen) atoms. The summed E-state index contributed by atoms with van der Waals surface area (Å²) in [7, 11) is -7.75. The van der Waals surface area contributed by atoms with Crippen LogP contribution in [0, 0.1) is 12.7 Å². The summed E-state index contributed by atoms with van der Waals surface area (Å²) >= 11 is 2.33. The fourth-order valence-electron chi connectivity index (χ4n) is 2.46. The number of rotatable bonds is 7. The van der Waals surface area contributed by atoms with E-state index in [4.69, 9.17) is 0 Å². The third-order valence-corrected chi connectivity index (χ3v) is 9.98. The number of hydrogen-bond donors (Lipinski definition) is 1. The second kappa shape index (κ2) is 7.80. The van der Waals surface area contributed by atoms with Crippen LogP contribution >= 0.6 is 22.7 Å². The molecule has 1 aromatic carbocycles. The quantitative estimate of drug-likeness (QED) is 0.601. The second-order valence-electron chi connectivity index (χ2n) is 5.74. The van der Waals surface area contributed by atoms with E-state index in [2.05, 4.69) is 4.72 Å². The van der Waals surface area contributed by atoms with Gasteiger partial charge in [0.2, 0.25) is 10.0 Å². The first kappa shape index (κ1) is 20.2. The van der Waals surface area contributed by atoms with Crippen molar-refractivity contribution in [3.8, 4) is 0 Å². The largest absolute Gasteiger partial charge is 0.240 e. The minimum absolute atomic E-state index is 0.111. The number of sulfone groups is 1. The highest BCUT2D eigenvalue weighted by Gasteiger charge is 2.32. The standard InChI is InChI=1S/C17H16FNO4S4/c1-12-10-13(6-7-14(12)18)27(22,23)19-11-16(15-4-2-8-24-15)26(20,21)17-5-3-9-25-17/h2-10,16,19H,11H2,1H3. The van der Waals surface area contributed by atoms with Gasteiger partial charge >= 0.3 is 0 Å².